The molecule has 2 spiro atoms. The van der Waals surface area contributed by atoms with Crippen LogP contribution >= 0.6 is 0 Å². The van der Waals surface area contributed by atoms with Gasteiger partial charge in [-0.25, -0.2) is 9.59 Å². The van der Waals surface area contributed by atoms with Gasteiger partial charge in [-0.05, 0) is 111 Å². The van der Waals surface area contributed by atoms with Crippen molar-refractivity contribution < 1.29 is 48.2 Å². The quantitative estimate of drug-likeness (QED) is 0.172. The summed E-state index contributed by atoms with van der Waals surface area (Å²) >= 11 is 0. The average molecular weight is 858 g/mol. The molecule has 13 heteroatoms. The van der Waals surface area contributed by atoms with Gasteiger partial charge in [0.1, 0.15) is 13.2 Å². The number of likely N-dealkylation sites (tertiary alicyclic amines) is 2. The fraction of sp³-hybridized carbons (Fsp3) is 0.560. The third-order valence-corrected chi connectivity index (χ3v) is 17.4. The predicted octanol–water partition coefficient (Wildman–Crippen LogP) is 4.63. The van der Waals surface area contributed by atoms with E-state index in [-0.39, 0.29) is 36.4 Å². The summed E-state index contributed by atoms with van der Waals surface area (Å²) < 4.78 is 37.1. The summed E-state index contributed by atoms with van der Waals surface area (Å²) in [5.41, 5.74) is 4.74. The molecular formula is C50H55N3O10. The first-order chi connectivity index (χ1) is 30.4. The van der Waals surface area contributed by atoms with E-state index in [0.717, 1.165) is 70.9 Å². The zero-order chi connectivity index (χ0) is 42.9. The Morgan fingerprint density at radius 3 is 1.54 bits per heavy atom. The number of ether oxygens (including phenoxy) is 6. The molecule has 2 saturated carbocycles. The first-order valence-electron chi connectivity index (χ1n) is 23.0. The van der Waals surface area contributed by atoms with E-state index < -0.39 is 46.2 Å². The summed E-state index contributed by atoms with van der Waals surface area (Å²) in [6, 6.07) is 7.87. The van der Waals surface area contributed by atoms with Gasteiger partial charge >= 0.3 is 11.9 Å². The second-order valence-electron chi connectivity index (χ2n) is 20.5. The first kappa shape index (κ1) is 38.6. The van der Waals surface area contributed by atoms with Crippen molar-refractivity contribution >= 4 is 11.9 Å². The minimum absolute atomic E-state index is 0.0622. The number of aliphatic hydroxyl groups is 2. The highest BCUT2D eigenvalue weighted by Gasteiger charge is 2.76. The summed E-state index contributed by atoms with van der Waals surface area (Å²) in [4.78, 5) is 33.8. The van der Waals surface area contributed by atoms with Gasteiger partial charge in [-0.15, -0.1) is 0 Å². The maximum atomic E-state index is 13.9. The molecule has 4 bridgehead atoms. The van der Waals surface area contributed by atoms with Crippen LogP contribution in [0.2, 0.25) is 0 Å². The Hall–Kier alpha value is -4.82. The number of carbonyl (C=O) groups is 2. The molecule has 2 saturated heterocycles. The van der Waals surface area contributed by atoms with Gasteiger partial charge in [0.25, 0.3) is 0 Å². The molecule has 63 heavy (non-hydrogen) atoms. The maximum Gasteiger partial charge on any atom is 0.336 e. The minimum Gasteiger partial charge on any atom is -0.485 e. The Bertz CT molecular complexity index is 2400. The van der Waals surface area contributed by atoms with E-state index in [2.05, 4.69) is 40.1 Å². The van der Waals surface area contributed by atoms with Crippen LogP contribution in [0.25, 0.3) is 0 Å². The number of nitrogens with zero attached hydrogens (tertiary/aromatic N) is 2. The Balaban J connectivity index is 0.964. The Morgan fingerprint density at radius 1 is 0.714 bits per heavy atom. The largest absolute Gasteiger partial charge is 0.485 e. The van der Waals surface area contributed by atoms with Crippen molar-refractivity contribution in [3.63, 3.8) is 0 Å². The fourth-order valence-electron chi connectivity index (χ4n) is 14.3. The van der Waals surface area contributed by atoms with Crippen LogP contribution in [-0.4, -0.2) is 114 Å². The number of aromatic amines is 1. The van der Waals surface area contributed by atoms with Crippen molar-refractivity contribution in [3.8, 4) is 23.0 Å². The first-order valence-corrected chi connectivity index (χ1v) is 23.0. The number of benzene rings is 2. The number of methoxy groups -OCH3 is 2. The van der Waals surface area contributed by atoms with E-state index >= 15 is 0 Å². The van der Waals surface area contributed by atoms with E-state index in [4.69, 9.17) is 28.4 Å². The number of esters is 2. The van der Waals surface area contributed by atoms with Gasteiger partial charge in [0.2, 0.25) is 0 Å². The zero-order valence-corrected chi connectivity index (χ0v) is 36.1. The lowest BCUT2D eigenvalue weighted by Crippen LogP contribution is -2.75. The molecule has 13 nitrogen and oxygen atoms in total. The molecule has 0 radical (unpaired) electrons. The van der Waals surface area contributed by atoms with Gasteiger partial charge in [-0.3, -0.25) is 9.80 Å². The molecule has 5 heterocycles. The van der Waals surface area contributed by atoms with Crippen molar-refractivity contribution in [1.29, 1.82) is 0 Å². The van der Waals surface area contributed by atoms with Crippen molar-refractivity contribution in [2.45, 2.75) is 111 Å². The minimum atomic E-state index is -1.19. The molecule has 0 unspecified atom stereocenters. The van der Waals surface area contributed by atoms with E-state index in [1.165, 1.54) is 39.9 Å². The van der Waals surface area contributed by atoms with Crippen LogP contribution in [0, 0.1) is 11.8 Å². The highest BCUT2D eigenvalue weighted by molar-refractivity contribution is 5.88. The van der Waals surface area contributed by atoms with E-state index in [0.29, 0.717) is 73.4 Å². The molecule has 3 aromatic rings. The van der Waals surface area contributed by atoms with Crippen molar-refractivity contribution in [3.05, 3.63) is 93.3 Å². The Kier molecular flexibility index (Phi) is 7.92. The lowest BCUT2D eigenvalue weighted by molar-refractivity contribution is -0.176. The second-order valence-corrected chi connectivity index (χ2v) is 20.5. The van der Waals surface area contributed by atoms with Crippen LogP contribution in [0.4, 0.5) is 0 Å². The number of hydrogen-bond donors (Lipinski definition) is 3. The molecule has 1 aromatic heterocycles. The molecule has 4 fully saturated rings. The summed E-state index contributed by atoms with van der Waals surface area (Å²) in [6.07, 6.45) is 7.38. The number of carbonyl (C=O) groups excluding carboxylic acids is 2. The highest BCUT2D eigenvalue weighted by atomic mass is 16.6. The van der Waals surface area contributed by atoms with E-state index in [1.807, 2.05) is 12.1 Å². The summed E-state index contributed by atoms with van der Waals surface area (Å²) in [5, 5.41) is 27.8. The lowest BCUT2D eigenvalue weighted by Gasteiger charge is -2.63. The number of nitrogens with one attached hydrogen (secondary N) is 1. The summed E-state index contributed by atoms with van der Waals surface area (Å²) in [6.45, 7) is 11.3. The van der Waals surface area contributed by atoms with E-state index in [1.54, 1.807) is 0 Å². The van der Waals surface area contributed by atoms with Crippen LogP contribution < -0.4 is 18.9 Å². The van der Waals surface area contributed by atoms with Crippen molar-refractivity contribution in [2.75, 3.05) is 53.6 Å². The molecular weight excluding hydrogens is 803 g/mol. The molecule has 6 aliphatic carbocycles. The van der Waals surface area contributed by atoms with Crippen LogP contribution in [0.15, 0.2) is 48.6 Å². The topological polar surface area (TPSA) is 152 Å². The Morgan fingerprint density at radius 2 is 1.14 bits per heavy atom. The lowest BCUT2D eigenvalue weighted by atomic mass is 9.47. The second kappa shape index (κ2) is 12.9. The number of piperidine rings is 2. The van der Waals surface area contributed by atoms with Crippen LogP contribution in [0.3, 0.4) is 0 Å². The van der Waals surface area contributed by atoms with Gasteiger partial charge in [-0.1, -0.05) is 25.3 Å². The molecule has 4 aliphatic heterocycles. The standard InChI is InChI=1S/C50H55N3O10/c1-25(45(54)58-3)23-60-33-11-9-29-17-35-49(56)19-31-32-20-50(57)36-18-30-10-12-34(61-24-26(2)46(55)59-4)42-38(30)48(50,14-16-53(36)22-28-7-8-28)44(63-42)40(32)51-39(31)43-47(49,37(29)41(33)62-43)13-15-52(35)21-27-5-6-27/h9-12,27-28,35-36,43-44,51,56-57H,1-2,5-8,13-24H2,3-4H3/t35-,36+,43-,44-,47-,48-,49+,50+/m0/s1. The number of fused-ring (bicyclic) bond motifs is 5. The predicted molar refractivity (Wildman–Crippen MR) is 227 cm³/mol. The third-order valence-electron chi connectivity index (χ3n) is 17.4. The van der Waals surface area contributed by atoms with Gasteiger partial charge in [0.15, 0.2) is 35.2 Å². The molecule has 13 rings (SSSR count). The summed E-state index contributed by atoms with van der Waals surface area (Å²) in [7, 11) is 2.66. The molecule has 8 atom stereocenters. The normalized spacial score (nSPS) is 34.3. The number of hydrogen-bond acceptors (Lipinski definition) is 12. The fourth-order valence-corrected chi connectivity index (χ4v) is 14.3. The average Bonchev–Trinajstić information content (AvgIpc) is 4.18. The number of rotatable bonds is 12. The van der Waals surface area contributed by atoms with Crippen molar-refractivity contribution in [1.82, 2.24) is 14.8 Å². The molecule has 3 N–H and O–H groups in total. The molecule has 2 aromatic carbocycles. The van der Waals surface area contributed by atoms with Gasteiger partial charge in [0, 0.05) is 49.1 Å². The molecule has 330 valence electrons. The van der Waals surface area contributed by atoms with Crippen LogP contribution in [0.1, 0.15) is 95.5 Å². The summed E-state index contributed by atoms with van der Waals surface area (Å²) in [5.74, 6) is 2.49. The SMILES string of the molecule is C=C(COc1ccc2c3c1O[C@H]1c4[nH]c5c(c4C[C@@]4(O)[C@H](C2)N(CC2CC2)CC[C@]314)C[C@@]1(O)[C@H]2Cc3ccc(OCC(=C)C(=O)OC)c4c3[C@@]1(CCN2CC1CC1)[C@H]5O4)C(=O)OC. The monoisotopic (exact) mass is 857 g/mol. The highest BCUT2D eigenvalue weighted by Crippen LogP contribution is 2.73. The molecule has 10 aliphatic rings. The molecule has 0 amide bonds. The number of H-pyrrole nitrogens is 1. The van der Waals surface area contributed by atoms with Gasteiger partial charge in [-0.2, -0.15) is 0 Å². The third kappa shape index (κ3) is 4.86. The van der Waals surface area contributed by atoms with Crippen LogP contribution in [-0.2, 0) is 55.6 Å². The van der Waals surface area contributed by atoms with Crippen LogP contribution in [0.5, 0.6) is 23.0 Å². The Labute approximate surface area is 366 Å². The number of aromatic nitrogens is 1. The van der Waals surface area contributed by atoms with Gasteiger partial charge in [0.05, 0.1) is 58.8 Å². The zero-order valence-electron chi connectivity index (χ0n) is 36.1. The van der Waals surface area contributed by atoms with Gasteiger partial charge < -0.3 is 43.6 Å². The maximum absolute atomic E-state index is 13.9. The smallest absolute Gasteiger partial charge is 0.336 e. The van der Waals surface area contributed by atoms with Crippen molar-refractivity contribution in [2.24, 2.45) is 11.8 Å². The van der Waals surface area contributed by atoms with E-state index in [9.17, 15) is 19.8 Å².